The van der Waals surface area contributed by atoms with Gasteiger partial charge in [0.2, 0.25) is 0 Å². The fourth-order valence-electron chi connectivity index (χ4n) is 7.77. The van der Waals surface area contributed by atoms with Crippen LogP contribution >= 0.6 is 0 Å². The third-order valence-corrected chi connectivity index (χ3v) is 10.7. The van der Waals surface area contributed by atoms with E-state index in [1.54, 1.807) is 6.07 Å². The molecule has 0 fully saturated rings. The van der Waals surface area contributed by atoms with Gasteiger partial charge in [-0.1, -0.05) is 201 Å². The van der Waals surface area contributed by atoms with Crippen LogP contribution in [-0.4, -0.2) is 22.2 Å². The van der Waals surface area contributed by atoms with Crippen molar-refractivity contribution in [2.45, 2.75) is 232 Å². The summed E-state index contributed by atoms with van der Waals surface area (Å²) in [6, 6.07) is 3.67. The molecule has 0 aliphatic rings. The number of benzene rings is 1. The molecule has 2 N–H and O–H groups in total. The van der Waals surface area contributed by atoms with Crippen LogP contribution in [0.1, 0.15) is 264 Å². The smallest absolute Gasteiger partial charge is 0.336 e. The molecule has 0 aliphatic heterocycles. The number of aromatic carboxylic acids is 2. The summed E-state index contributed by atoms with van der Waals surface area (Å²) in [6.45, 7) is 9.02. The Labute approximate surface area is 297 Å². The Kier molecular flexibility index (Phi) is 27.6. The van der Waals surface area contributed by atoms with Crippen molar-refractivity contribution < 1.29 is 19.8 Å². The number of unbranched alkanes of at least 4 members (excludes halogenated alkanes) is 22. The maximum atomic E-state index is 13.0. The largest absolute Gasteiger partial charge is 0.478 e. The van der Waals surface area contributed by atoms with Gasteiger partial charge in [-0.05, 0) is 54.7 Å². The van der Waals surface area contributed by atoms with E-state index in [9.17, 15) is 19.8 Å². The fraction of sp³-hybridized carbons (Fsp3) is 0.818. The molecular formula is C44H78O4. The lowest BCUT2D eigenvalue weighted by Gasteiger charge is -2.28. The maximum absolute atomic E-state index is 13.0. The second kappa shape index (κ2) is 30.0. The number of rotatable bonds is 34. The van der Waals surface area contributed by atoms with Crippen molar-refractivity contribution in [2.75, 3.05) is 0 Å². The van der Waals surface area contributed by atoms with E-state index in [-0.39, 0.29) is 17.0 Å². The highest BCUT2D eigenvalue weighted by atomic mass is 16.4. The molecule has 0 aliphatic carbocycles. The zero-order chi connectivity index (χ0) is 35.2. The first kappa shape index (κ1) is 44.2. The standard InChI is InChI=1S/C44H78O4/c1-5-9-13-17-19-21-25-28-32-37(31-27-23-15-11-7-3)39-35-36-40(43(45)46)42(44(47)48)41(39)38(33-29-24-16-12-8-4)34-30-26-22-20-18-14-10-6-2/h35-38H,5-34H2,1-4H3,(H,45,46)(H,47,48)/t37-,38+/m0/s1. The van der Waals surface area contributed by atoms with Crippen LogP contribution in [-0.2, 0) is 0 Å². The summed E-state index contributed by atoms with van der Waals surface area (Å²) in [7, 11) is 0. The predicted molar refractivity (Wildman–Crippen MR) is 207 cm³/mol. The molecule has 278 valence electrons. The molecule has 4 nitrogen and oxygen atoms in total. The van der Waals surface area contributed by atoms with Gasteiger partial charge in [0.15, 0.2) is 0 Å². The molecule has 1 aromatic rings. The number of carboxylic acid groups (broad SMARTS) is 2. The first-order chi connectivity index (χ1) is 23.4. The van der Waals surface area contributed by atoms with E-state index in [1.807, 2.05) is 6.07 Å². The Hall–Kier alpha value is -1.84. The number of hydrogen-bond donors (Lipinski definition) is 2. The fourth-order valence-corrected chi connectivity index (χ4v) is 7.77. The average Bonchev–Trinajstić information content (AvgIpc) is 3.07. The van der Waals surface area contributed by atoms with Gasteiger partial charge in [-0.25, -0.2) is 9.59 Å². The van der Waals surface area contributed by atoms with Crippen LogP contribution in [0.5, 0.6) is 0 Å². The third kappa shape index (κ3) is 19.4. The molecule has 0 saturated heterocycles. The van der Waals surface area contributed by atoms with Crippen LogP contribution < -0.4 is 0 Å². The quantitative estimate of drug-likeness (QED) is 0.0716. The van der Waals surface area contributed by atoms with Crippen LogP contribution in [0.2, 0.25) is 0 Å². The minimum Gasteiger partial charge on any atom is -0.478 e. The Balaban J connectivity index is 3.37. The van der Waals surface area contributed by atoms with Crippen LogP contribution in [0.25, 0.3) is 0 Å². The summed E-state index contributed by atoms with van der Waals surface area (Å²) in [4.78, 5) is 25.5. The minimum absolute atomic E-state index is 0.0260. The van der Waals surface area contributed by atoms with Gasteiger partial charge in [0.1, 0.15) is 0 Å². The van der Waals surface area contributed by atoms with Gasteiger partial charge in [0.25, 0.3) is 0 Å². The molecule has 0 saturated carbocycles. The molecule has 0 bridgehead atoms. The molecule has 0 heterocycles. The molecule has 2 atom stereocenters. The van der Waals surface area contributed by atoms with Crippen molar-refractivity contribution in [3.63, 3.8) is 0 Å². The summed E-state index contributed by atoms with van der Waals surface area (Å²) in [6.07, 6.45) is 36.3. The van der Waals surface area contributed by atoms with E-state index in [0.29, 0.717) is 5.92 Å². The zero-order valence-corrected chi connectivity index (χ0v) is 32.2. The second-order valence-corrected chi connectivity index (χ2v) is 14.9. The molecule has 1 aromatic carbocycles. The Bertz CT molecular complexity index is 938. The Morgan fingerprint density at radius 1 is 0.438 bits per heavy atom. The van der Waals surface area contributed by atoms with Gasteiger partial charge in [-0.3, -0.25) is 0 Å². The van der Waals surface area contributed by atoms with Crippen molar-refractivity contribution >= 4 is 11.9 Å². The van der Waals surface area contributed by atoms with Crippen molar-refractivity contribution in [1.29, 1.82) is 0 Å². The van der Waals surface area contributed by atoms with E-state index >= 15 is 0 Å². The first-order valence-electron chi connectivity index (χ1n) is 21.1. The van der Waals surface area contributed by atoms with Crippen molar-refractivity contribution in [2.24, 2.45) is 0 Å². The molecular weight excluding hydrogens is 592 g/mol. The van der Waals surface area contributed by atoms with Gasteiger partial charge in [-0.15, -0.1) is 0 Å². The molecule has 1 rings (SSSR count). The van der Waals surface area contributed by atoms with Crippen LogP contribution in [0.3, 0.4) is 0 Å². The lowest BCUT2D eigenvalue weighted by Crippen LogP contribution is -2.18. The first-order valence-corrected chi connectivity index (χ1v) is 21.1. The summed E-state index contributed by atoms with van der Waals surface area (Å²) in [5.74, 6) is -1.78. The highest BCUT2D eigenvalue weighted by Gasteiger charge is 2.30. The van der Waals surface area contributed by atoms with Gasteiger partial charge in [0.05, 0.1) is 11.1 Å². The lowest BCUT2D eigenvalue weighted by molar-refractivity contribution is 0.0649. The van der Waals surface area contributed by atoms with Gasteiger partial charge >= 0.3 is 11.9 Å². The SMILES string of the molecule is CCCCCCCCCC[C@H](CCCCCCC)c1ccc(C(=O)O)c(C(=O)O)c1[C@H](CCCCCCC)CCCCCCCCCC. The normalized spacial score (nSPS) is 12.8. The van der Waals surface area contributed by atoms with Crippen LogP contribution in [0.15, 0.2) is 12.1 Å². The summed E-state index contributed by atoms with van der Waals surface area (Å²) in [5, 5.41) is 20.8. The number of carbonyl (C=O) groups is 2. The average molecular weight is 671 g/mol. The van der Waals surface area contributed by atoms with E-state index in [1.165, 1.54) is 135 Å². The van der Waals surface area contributed by atoms with Crippen LogP contribution in [0, 0.1) is 0 Å². The van der Waals surface area contributed by atoms with Crippen molar-refractivity contribution in [3.8, 4) is 0 Å². The summed E-state index contributed by atoms with van der Waals surface area (Å²) in [5.41, 5.74) is 2.11. The molecule has 4 heteroatoms. The Morgan fingerprint density at radius 2 is 0.750 bits per heavy atom. The predicted octanol–water partition coefficient (Wildman–Crippen LogP) is 15.0. The molecule has 0 aromatic heterocycles. The van der Waals surface area contributed by atoms with Gasteiger partial charge in [-0.2, -0.15) is 0 Å². The van der Waals surface area contributed by atoms with Crippen molar-refractivity contribution in [1.82, 2.24) is 0 Å². The molecule has 0 unspecified atom stereocenters. The lowest BCUT2D eigenvalue weighted by atomic mass is 9.76. The zero-order valence-electron chi connectivity index (χ0n) is 32.2. The van der Waals surface area contributed by atoms with E-state index < -0.39 is 11.9 Å². The summed E-state index contributed by atoms with van der Waals surface area (Å²) < 4.78 is 0. The van der Waals surface area contributed by atoms with E-state index in [4.69, 9.17) is 0 Å². The monoisotopic (exact) mass is 671 g/mol. The molecule has 48 heavy (non-hydrogen) atoms. The van der Waals surface area contributed by atoms with Gasteiger partial charge in [0, 0.05) is 0 Å². The number of carboxylic acids is 2. The molecule has 0 spiro atoms. The second-order valence-electron chi connectivity index (χ2n) is 14.9. The van der Waals surface area contributed by atoms with Crippen molar-refractivity contribution in [3.05, 3.63) is 34.4 Å². The minimum atomic E-state index is -1.12. The third-order valence-electron chi connectivity index (χ3n) is 10.7. The maximum Gasteiger partial charge on any atom is 0.336 e. The van der Waals surface area contributed by atoms with E-state index in [0.717, 1.165) is 68.9 Å². The van der Waals surface area contributed by atoms with Crippen LogP contribution in [0.4, 0.5) is 0 Å². The number of hydrogen-bond acceptors (Lipinski definition) is 2. The summed E-state index contributed by atoms with van der Waals surface area (Å²) >= 11 is 0. The van der Waals surface area contributed by atoms with Gasteiger partial charge < -0.3 is 10.2 Å². The topological polar surface area (TPSA) is 74.6 Å². The molecule has 0 amide bonds. The highest BCUT2D eigenvalue weighted by molar-refractivity contribution is 6.03. The Morgan fingerprint density at radius 3 is 1.06 bits per heavy atom. The molecule has 0 radical (unpaired) electrons. The van der Waals surface area contributed by atoms with E-state index in [2.05, 4.69) is 27.7 Å². The highest BCUT2D eigenvalue weighted by Crippen LogP contribution is 2.41.